The molecule has 0 heterocycles. The monoisotopic (exact) mass is 360 g/mol. The van der Waals surface area contributed by atoms with Gasteiger partial charge in [-0.15, -0.1) is 0 Å². The first-order valence-corrected chi connectivity index (χ1v) is 9.86. The van der Waals surface area contributed by atoms with E-state index in [1.165, 1.54) is 16.7 Å². The number of aliphatic hydroxyl groups is 1. The second-order valence-electron chi connectivity index (χ2n) is 7.89. The second-order valence-corrected chi connectivity index (χ2v) is 7.89. The zero-order chi connectivity index (χ0) is 19.1. The summed E-state index contributed by atoms with van der Waals surface area (Å²) >= 11 is 0. The maximum Gasteiger partial charge on any atom is 0.303 e. The number of carboxylic acids is 1. The van der Waals surface area contributed by atoms with Gasteiger partial charge in [0.1, 0.15) is 5.78 Å². The quantitative estimate of drug-likeness (QED) is 0.612. The molecule has 3 atom stereocenters. The van der Waals surface area contributed by atoms with Gasteiger partial charge in [-0.2, -0.15) is 0 Å². The number of hydrogen-bond acceptors (Lipinski definition) is 3. The molecule has 0 spiro atoms. The molecule has 0 saturated heterocycles. The molecule has 4 heteroatoms. The molecule has 1 saturated carbocycles. The lowest BCUT2D eigenvalue weighted by atomic mass is 9.85. The highest BCUT2D eigenvalue weighted by atomic mass is 16.4. The lowest BCUT2D eigenvalue weighted by Crippen LogP contribution is -2.21. The lowest BCUT2D eigenvalue weighted by molar-refractivity contribution is -0.137. The van der Waals surface area contributed by atoms with Crippen LogP contribution in [-0.2, 0) is 16.0 Å². The molecule has 1 fully saturated rings. The van der Waals surface area contributed by atoms with Gasteiger partial charge in [-0.1, -0.05) is 48.6 Å². The number of aryl methyl sites for hydroxylation is 3. The normalized spacial score (nSPS) is 22.7. The number of carboxylic acid groups (broad SMARTS) is 1. The van der Waals surface area contributed by atoms with Gasteiger partial charge in [0.25, 0.3) is 0 Å². The van der Waals surface area contributed by atoms with E-state index in [-0.39, 0.29) is 24.0 Å². The second kappa shape index (κ2) is 9.86. The van der Waals surface area contributed by atoms with Crippen LogP contribution >= 0.6 is 0 Å². The third kappa shape index (κ3) is 6.24. The van der Waals surface area contributed by atoms with E-state index in [2.05, 4.69) is 32.0 Å². The Kier molecular flexibility index (Phi) is 7.83. The van der Waals surface area contributed by atoms with Gasteiger partial charge in [0, 0.05) is 18.8 Å². The Labute approximate surface area is 156 Å². The summed E-state index contributed by atoms with van der Waals surface area (Å²) in [5.41, 5.74) is 3.76. The molecule has 0 amide bonds. The summed E-state index contributed by atoms with van der Waals surface area (Å²) < 4.78 is 0. The van der Waals surface area contributed by atoms with Crippen LogP contribution in [0.25, 0.3) is 0 Å². The third-order valence-electron chi connectivity index (χ3n) is 5.54. The van der Waals surface area contributed by atoms with Gasteiger partial charge >= 0.3 is 5.97 Å². The minimum atomic E-state index is -0.742. The van der Waals surface area contributed by atoms with Gasteiger partial charge < -0.3 is 10.2 Å². The molecular weight excluding hydrogens is 328 g/mol. The number of carbonyl (C=O) groups excluding carboxylic acids is 1. The van der Waals surface area contributed by atoms with E-state index >= 15 is 0 Å². The van der Waals surface area contributed by atoms with E-state index in [9.17, 15) is 14.7 Å². The van der Waals surface area contributed by atoms with Gasteiger partial charge in [-0.05, 0) is 51.0 Å². The fraction of sp³-hybridized carbons (Fsp3) is 0.636. The predicted molar refractivity (Wildman–Crippen MR) is 102 cm³/mol. The lowest BCUT2D eigenvalue weighted by Gasteiger charge is -2.21. The van der Waals surface area contributed by atoms with E-state index in [4.69, 9.17) is 5.11 Å². The Bertz CT molecular complexity index is 602. The molecule has 0 aromatic heterocycles. The maximum atomic E-state index is 12.3. The van der Waals surface area contributed by atoms with Crippen LogP contribution in [0.15, 0.2) is 18.2 Å². The molecule has 26 heavy (non-hydrogen) atoms. The van der Waals surface area contributed by atoms with Gasteiger partial charge in [0.05, 0.1) is 6.10 Å². The van der Waals surface area contributed by atoms with Crippen molar-refractivity contribution in [3.05, 3.63) is 34.9 Å². The van der Waals surface area contributed by atoms with Crippen molar-refractivity contribution in [3.8, 4) is 0 Å². The van der Waals surface area contributed by atoms with E-state index in [0.29, 0.717) is 12.8 Å². The zero-order valence-corrected chi connectivity index (χ0v) is 16.0. The Hall–Kier alpha value is -1.68. The van der Waals surface area contributed by atoms with E-state index < -0.39 is 12.1 Å². The van der Waals surface area contributed by atoms with E-state index in [1.54, 1.807) is 0 Å². The fourth-order valence-electron chi connectivity index (χ4n) is 4.33. The Morgan fingerprint density at radius 3 is 2.35 bits per heavy atom. The van der Waals surface area contributed by atoms with Crippen LogP contribution in [0, 0.1) is 25.7 Å². The minimum Gasteiger partial charge on any atom is -0.481 e. The average molecular weight is 360 g/mol. The molecule has 4 nitrogen and oxygen atoms in total. The van der Waals surface area contributed by atoms with Gasteiger partial charge in [-0.3, -0.25) is 9.59 Å². The van der Waals surface area contributed by atoms with Gasteiger partial charge in [0.2, 0.25) is 0 Å². The van der Waals surface area contributed by atoms with Crippen molar-refractivity contribution in [2.45, 2.75) is 77.7 Å². The van der Waals surface area contributed by atoms with E-state index in [1.807, 2.05) is 0 Å². The van der Waals surface area contributed by atoms with Crippen LogP contribution in [0.5, 0.6) is 0 Å². The summed E-state index contributed by atoms with van der Waals surface area (Å²) in [6.07, 6.45) is 6.08. The molecule has 0 bridgehead atoms. The first-order chi connectivity index (χ1) is 12.4. The number of hydrogen-bond donors (Lipinski definition) is 2. The predicted octanol–water partition coefficient (Wildman–Crippen LogP) is 4.23. The SMILES string of the molecule is Cc1cc(C)cc(CC[C@H]2C(=O)CC(O)[C@@H]2CCCCCCC(=O)O)c1. The third-order valence-corrected chi connectivity index (χ3v) is 5.54. The topological polar surface area (TPSA) is 74.6 Å². The zero-order valence-electron chi connectivity index (χ0n) is 16.0. The summed E-state index contributed by atoms with van der Waals surface area (Å²) in [5, 5.41) is 19.0. The summed E-state index contributed by atoms with van der Waals surface area (Å²) in [4.78, 5) is 22.9. The molecular formula is C22H32O4. The Morgan fingerprint density at radius 2 is 1.69 bits per heavy atom. The number of rotatable bonds is 10. The number of aliphatic hydroxyl groups excluding tert-OH is 1. The number of benzene rings is 1. The first-order valence-electron chi connectivity index (χ1n) is 9.86. The smallest absolute Gasteiger partial charge is 0.303 e. The molecule has 1 aliphatic rings. The molecule has 1 aromatic carbocycles. The number of carbonyl (C=O) groups is 2. The average Bonchev–Trinajstić information content (AvgIpc) is 2.81. The van der Waals surface area contributed by atoms with Crippen LogP contribution in [0.2, 0.25) is 0 Å². The molecule has 0 radical (unpaired) electrons. The van der Waals surface area contributed by atoms with Crippen molar-refractivity contribution in [2.75, 3.05) is 0 Å². The summed E-state index contributed by atoms with van der Waals surface area (Å²) in [7, 11) is 0. The fourth-order valence-corrected chi connectivity index (χ4v) is 4.33. The van der Waals surface area contributed by atoms with Crippen molar-refractivity contribution in [1.29, 1.82) is 0 Å². The van der Waals surface area contributed by atoms with Crippen LogP contribution in [0.1, 0.15) is 68.1 Å². The van der Waals surface area contributed by atoms with Crippen LogP contribution in [0.4, 0.5) is 0 Å². The van der Waals surface area contributed by atoms with Crippen molar-refractivity contribution < 1.29 is 19.8 Å². The van der Waals surface area contributed by atoms with Crippen molar-refractivity contribution in [1.82, 2.24) is 0 Å². The number of Topliss-reactive ketones (excluding diaryl/α,β-unsaturated/α-hetero) is 1. The summed E-state index contributed by atoms with van der Waals surface area (Å²) in [6, 6.07) is 6.52. The van der Waals surface area contributed by atoms with Crippen LogP contribution in [0.3, 0.4) is 0 Å². The number of unbranched alkanes of at least 4 members (excludes halogenated alkanes) is 3. The summed E-state index contributed by atoms with van der Waals surface area (Å²) in [6.45, 7) is 4.18. The highest BCUT2D eigenvalue weighted by Gasteiger charge is 2.40. The van der Waals surface area contributed by atoms with E-state index in [0.717, 1.165) is 38.5 Å². The van der Waals surface area contributed by atoms with Crippen LogP contribution < -0.4 is 0 Å². The van der Waals surface area contributed by atoms with Crippen molar-refractivity contribution in [2.24, 2.45) is 11.8 Å². The number of ketones is 1. The largest absolute Gasteiger partial charge is 0.481 e. The molecule has 1 unspecified atom stereocenters. The maximum absolute atomic E-state index is 12.3. The van der Waals surface area contributed by atoms with Crippen LogP contribution in [-0.4, -0.2) is 28.1 Å². The van der Waals surface area contributed by atoms with Gasteiger partial charge in [0.15, 0.2) is 0 Å². The molecule has 2 rings (SSSR count). The summed E-state index contributed by atoms with van der Waals surface area (Å²) in [5.74, 6) is -0.510. The standard InChI is InChI=1S/C22H32O4/c1-15-11-16(2)13-17(12-15)9-10-19-18(20(23)14-21(19)24)7-5-3-4-6-8-22(25)26/h11-13,18-20,23H,3-10,14H2,1-2H3,(H,25,26)/t18-,19-,20?/m1/s1. The molecule has 1 aliphatic carbocycles. The Morgan fingerprint density at radius 1 is 1.04 bits per heavy atom. The molecule has 144 valence electrons. The molecule has 2 N–H and O–H groups in total. The highest BCUT2D eigenvalue weighted by molar-refractivity contribution is 5.84. The van der Waals surface area contributed by atoms with Crippen molar-refractivity contribution >= 4 is 11.8 Å². The molecule has 1 aromatic rings. The molecule has 0 aliphatic heterocycles. The highest BCUT2D eigenvalue weighted by Crippen LogP contribution is 2.36. The minimum absolute atomic E-state index is 0.0372. The Balaban J connectivity index is 1.82. The number of aliphatic carboxylic acids is 1. The van der Waals surface area contributed by atoms with Gasteiger partial charge in [-0.25, -0.2) is 0 Å². The van der Waals surface area contributed by atoms with Crippen molar-refractivity contribution in [3.63, 3.8) is 0 Å². The first kappa shape index (κ1) is 20.6.